The molecule has 3 unspecified atom stereocenters. The standard InChI is InChI=1S/C15H19FN2O7S/c1-26-7-8(20)2-3-13(21)25-10-4-12(24-11(10)6-19)18-5-9(16)14(22)17-15(18)23/h5,10-12,19H,2-4,6-7H2,1H3,(H,17,22,23). The van der Waals surface area contributed by atoms with Crippen LogP contribution in [0.25, 0.3) is 0 Å². The van der Waals surface area contributed by atoms with Gasteiger partial charge < -0.3 is 14.6 Å². The van der Waals surface area contributed by atoms with Gasteiger partial charge in [0.05, 0.1) is 25.0 Å². The number of hydrogen-bond acceptors (Lipinski definition) is 8. The largest absolute Gasteiger partial charge is 0.459 e. The molecule has 0 spiro atoms. The maximum absolute atomic E-state index is 13.4. The number of Topliss-reactive ketones (excluding diaryl/α,β-unsaturated/α-hetero) is 1. The molecule has 1 aliphatic rings. The highest BCUT2D eigenvalue weighted by Crippen LogP contribution is 2.30. The number of hydrogen-bond donors (Lipinski definition) is 2. The first kappa shape index (κ1) is 20.3. The summed E-state index contributed by atoms with van der Waals surface area (Å²) in [6.45, 7) is -0.486. The number of nitrogens with zero attached hydrogens (tertiary/aromatic N) is 1. The molecule has 2 heterocycles. The lowest BCUT2D eigenvalue weighted by molar-refractivity contribution is -0.153. The number of carbonyl (C=O) groups excluding carboxylic acids is 2. The minimum atomic E-state index is -1.17. The highest BCUT2D eigenvalue weighted by molar-refractivity contribution is 7.99. The van der Waals surface area contributed by atoms with E-state index < -0.39 is 48.1 Å². The van der Waals surface area contributed by atoms with Crippen LogP contribution in [-0.2, 0) is 19.1 Å². The first-order chi connectivity index (χ1) is 12.3. The number of H-pyrrole nitrogens is 1. The zero-order chi connectivity index (χ0) is 19.3. The van der Waals surface area contributed by atoms with E-state index in [0.29, 0.717) is 11.9 Å². The topological polar surface area (TPSA) is 128 Å². The van der Waals surface area contributed by atoms with Gasteiger partial charge in [0.2, 0.25) is 5.82 Å². The number of aliphatic hydroxyl groups is 1. The minimum absolute atomic E-state index is 0.0128. The summed E-state index contributed by atoms with van der Waals surface area (Å²) in [6.07, 6.45) is -0.381. The van der Waals surface area contributed by atoms with Gasteiger partial charge in [-0.3, -0.25) is 23.9 Å². The first-order valence-corrected chi connectivity index (χ1v) is 9.22. The SMILES string of the molecule is CSCC(=O)CCC(=O)OC1CC(n2cc(F)c(=O)[nH]c2=O)OC1CO. The van der Waals surface area contributed by atoms with Gasteiger partial charge in [-0.25, -0.2) is 4.79 Å². The average molecular weight is 390 g/mol. The number of nitrogens with one attached hydrogen (secondary N) is 1. The van der Waals surface area contributed by atoms with Gasteiger partial charge in [-0.15, -0.1) is 0 Å². The van der Waals surface area contributed by atoms with E-state index >= 15 is 0 Å². The van der Waals surface area contributed by atoms with Gasteiger partial charge in [0.15, 0.2) is 0 Å². The quantitative estimate of drug-likeness (QED) is 0.573. The normalized spacial score (nSPS) is 22.3. The monoisotopic (exact) mass is 390 g/mol. The fourth-order valence-electron chi connectivity index (χ4n) is 2.54. The second-order valence-corrected chi connectivity index (χ2v) is 6.56. The number of ketones is 1. The third kappa shape index (κ3) is 5.02. The number of ether oxygens (including phenoxy) is 2. The van der Waals surface area contributed by atoms with E-state index in [1.54, 1.807) is 11.2 Å². The van der Waals surface area contributed by atoms with Crippen molar-refractivity contribution in [2.24, 2.45) is 0 Å². The molecule has 0 radical (unpaired) electrons. The Hall–Kier alpha value is -1.98. The lowest BCUT2D eigenvalue weighted by atomic mass is 10.2. The van der Waals surface area contributed by atoms with Crippen LogP contribution < -0.4 is 11.2 Å². The predicted octanol–water partition coefficient (Wildman–Crippen LogP) is -0.420. The fourth-order valence-corrected chi connectivity index (χ4v) is 3.00. The van der Waals surface area contributed by atoms with Gasteiger partial charge in [0, 0.05) is 12.8 Å². The second-order valence-electron chi connectivity index (χ2n) is 5.69. The van der Waals surface area contributed by atoms with Gasteiger partial charge in [-0.2, -0.15) is 16.2 Å². The van der Waals surface area contributed by atoms with Crippen LogP contribution in [0, 0.1) is 5.82 Å². The van der Waals surface area contributed by atoms with Crippen molar-refractivity contribution in [3.63, 3.8) is 0 Å². The molecule has 2 rings (SSSR count). The van der Waals surface area contributed by atoms with E-state index in [1.165, 1.54) is 11.8 Å². The van der Waals surface area contributed by atoms with Crippen LogP contribution in [-0.4, -0.2) is 57.2 Å². The Morgan fingerprint density at radius 1 is 1.46 bits per heavy atom. The van der Waals surface area contributed by atoms with E-state index in [9.17, 15) is 28.7 Å². The van der Waals surface area contributed by atoms with Crippen LogP contribution in [0.5, 0.6) is 0 Å². The molecule has 1 saturated heterocycles. The average Bonchev–Trinajstić information content (AvgIpc) is 2.99. The zero-order valence-corrected chi connectivity index (χ0v) is 14.8. The zero-order valence-electron chi connectivity index (χ0n) is 14.0. The molecule has 9 nitrogen and oxygen atoms in total. The number of rotatable bonds is 8. The third-order valence-electron chi connectivity index (χ3n) is 3.79. The molecule has 1 aromatic heterocycles. The van der Waals surface area contributed by atoms with Crippen molar-refractivity contribution in [1.82, 2.24) is 9.55 Å². The van der Waals surface area contributed by atoms with E-state index in [-0.39, 0.29) is 25.0 Å². The molecule has 0 amide bonds. The van der Waals surface area contributed by atoms with E-state index in [0.717, 1.165) is 4.57 Å². The van der Waals surface area contributed by atoms with Gasteiger partial charge in [0.25, 0.3) is 5.56 Å². The Morgan fingerprint density at radius 2 is 2.19 bits per heavy atom. The fraction of sp³-hybridized carbons (Fsp3) is 0.600. The molecular weight excluding hydrogens is 371 g/mol. The molecule has 26 heavy (non-hydrogen) atoms. The van der Waals surface area contributed by atoms with Crippen molar-refractivity contribution < 1.29 is 28.6 Å². The summed E-state index contributed by atoms with van der Waals surface area (Å²) >= 11 is 1.36. The molecule has 0 aromatic carbocycles. The molecule has 144 valence electrons. The molecular formula is C15H19FN2O7S. The van der Waals surface area contributed by atoms with Crippen LogP contribution in [0.3, 0.4) is 0 Å². The highest BCUT2D eigenvalue weighted by atomic mass is 32.2. The smallest absolute Gasteiger partial charge is 0.330 e. The summed E-state index contributed by atoms with van der Waals surface area (Å²) in [4.78, 5) is 48.0. The maximum atomic E-state index is 13.4. The Bertz CT molecular complexity index is 778. The Balaban J connectivity index is 2.02. The van der Waals surface area contributed by atoms with Crippen molar-refractivity contribution in [3.8, 4) is 0 Å². The maximum Gasteiger partial charge on any atom is 0.330 e. The van der Waals surface area contributed by atoms with E-state index in [1.807, 2.05) is 0 Å². The van der Waals surface area contributed by atoms with E-state index in [4.69, 9.17) is 9.47 Å². The molecule has 1 aliphatic heterocycles. The minimum Gasteiger partial charge on any atom is -0.459 e. The lowest BCUT2D eigenvalue weighted by Gasteiger charge is -2.16. The number of aromatic amines is 1. The molecule has 1 fully saturated rings. The molecule has 11 heteroatoms. The lowest BCUT2D eigenvalue weighted by Crippen LogP contribution is -2.34. The molecule has 2 N–H and O–H groups in total. The van der Waals surface area contributed by atoms with Crippen molar-refractivity contribution in [2.75, 3.05) is 18.6 Å². The van der Waals surface area contributed by atoms with Gasteiger partial charge in [-0.05, 0) is 6.26 Å². The number of aliphatic hydroxyl groups excluding tert-OH is 1. The van der Waals surface area contributed by atoms with Crippen molar-refractivity contribution in [1.29, 1.82) is 0 Å². The van der Waals surface area contributed by atoms with Crippen molar-refractivity contribution in [2.45, 2.75) is 37.7 Å². The number of aromatic nitrogens is 2. The summed E-state index contributed by atoms with van der Waals surface area (Å²) < 4.78 is 24.9. The van der Waals surface area contributed by atoms with Crippen LogP contribution >= 0.6 is 11.8 Å². The van der Waals surface area contributed by atoms with Crippen LogP contribution in [0.2, 0.25) is 0 Å². The summed E-state index contributed by atoms with van der Waals surface area (Å²) in [5.74, 6) is -1.57. The van der Waals surface area contributed by atoms with Crippen molar-refractivity contribution in [3.05, 3.63) is 32.9 Å². The number of carbonyl (C=O) groups is 2. The molecule has 3 atom stereocenters. The summed E-state index contributed by atoms with van der Waals surface area (Å²) in [5, 5.41) is 9.38. The highest BCUT2D eigenvalue weighted by Gasteiger charge is 2.39. The number of thioether (sulfide) groups is 1. The predicted molar refractivity (Wildman–Crippen MR) is 89.4 cm³/mol. The van der Waals surface area contributed by atoms with Crippen LogP contribution in [0.1, 0.15) is 25.5 Å². The van der Waals surface area contributed by atoms with Crippen LogP contribution in [0.4, 0.5) is 4.39 Å². The summed E-state index contributed by atoms with van der Waals surface area (Å²) in [7, 11) is 0. The van der Waals surface area contributed by atoms with E-state index in [2.05, 4.69) is 0 Å². The molecule has 0 bridgehead atoms. The van der Waals surface area contributed by atoms with Crippen LogP contribution in [0.15, 0.2) is 15.8 Å². The third-order valence-corrected chi connectivity index (χ3v) is 4.40. The molecule has 0 aliphatic carbocycles. The Labute approximate surface area is 151 Å². The number of esters is 1. The first-order valence-electron chi connectivity index (χ1n) is 7.83. The number of halogens is 1. The summed E-state index contributed by atoms with van der Waals surface area (Å²) in [6, 6.07) is 0. The second kappa shape index (κ2) is 9.10. The Kier molecular flexibility index (Phi) is 7.12. The van der Waals surface area contributed by atoms with Gasteiger partial charge >= 0.3 is 11.7 Å². The Morgan fingerprint density at radius 3 is 2.85 bits per heavy atom. The molecule has 1 aromatic rings. The van der Waals surface area contributed by atoms with Gasteiger partial charge in [0.1, 0.15) is 24.2 Å². The van der Waals surface area contributed by atoms with Gasteiger partial charge in [-0.1, -0.05) is 0 Å². The van der Waals surface area contributed by atoms with Crippen molar-refractivity contribution >= 4 is 23.5 Å². The molecule has 0 saturated carbocycles. The summed E-state index contributed by atoms with van der Waals surface area (Å²) in [5.41, 5.74) is -2.03.